The maximum Gasteiger partial charge on any atom is 0.293 e. The zero-order valence-electron chi connectivity index (χ0n) is 11.2. The third kappa shape index (κ3) is 4.22. The SMILES string of the molecule is CC(CN(C)C)Nc1ccc(C(N)=O)cc1[N+](=O)[O-]. The number of carbonyl (C=O) groups is 1. The van der Waals surface area contributed by atoms with Gasteiger partial charge in [0, 0.05) is 24.2 Å². The number of carbonyl (C=O) groups excluding carboxylic acids is 1. The smallest absolute Gasteiger partial charge is 0.293 e. The summed E-state index contributed by atoms with van der Waals surface area (Å²) in [5.74, 6) is -0.684. The first-order valence-electron chi connectivity index (χ1n) is 5.80. The zero-order chi connectivity index (χ0) is 14.6. The second-order valence-electron chi connectivity index (χ2n) is 4.66. The summed E-state index contributed by atoms with van der Waals surface area (Å²) in [6.07, 6.45) is 0. The summed E-state index contributed by atoms with van der Waals surface area (Å²) in [5.41, 5.74) is 5.46. The van der Waals surface area contributed by atoms with Gasteiger partial charge in [0.2, 0.25) is 5.91 Å². The molecule has 0 heterocycles. The van der Waals surface area contributed by atoms with Crippen LogP contribution in [0.2, 0.25) is 0 Å². The Morgan fingerprint density at radius 1 is 1.53 bits per heavy atom. The molecule has 7 nitrogen and oxygen atoms in total. The fraction of sp³-hybridized carbons (Fsp3) is 0.417. The standard InChI is InChI=1S/C12H18N4O3/c1-8(7-15(2)3)14-10-5-4-9(12(13)17)6-11(10)16(18)19/h4-6,8,14H,7H2,1-3H3,(H2,13,17). The van der Waals surface area contributed by atoms with E-state index in [1.165, 1.54) is 18.2 Å². The Bertz CT molecular complexity index is 488. The monoisotopic (exact) mass is 266 g/mol. The summed E-state index contributed by atoms with van der Waals surface area (Å²) in [6, 6.07) is 4.20. The number of nitrogens with zero attached hydrogens (tertiary/aromatic N) is 2. The summed E-state index contributed by atoms with van der Waals surface area (Å²) >= 11 is 0. The van der Waals surface area contributed by atoms with Crippen LogP contribution in [0.25, 0.3) is 0 Å². The highest BCUT2D eigenvalue weighted by atomic mass is 16.6. The Morgan fingerprint density at radius 2 is 2.16 bits per heavy atom. The number of primary amides is 1. The number of hydrogen-bond donors (Lipinski definition) is 2. The highest BCUT2D eigenvalue weighted by Crippen LogP contribution is 2.26. The van der Waals surface area contributed by atoms with Crippen LogP contribution in [0.4, 0.5) is 11.4 Å². The fourth-order valence-electron chi connectivity index (χ4n) is 1.82. The number of benzene rings is 1. The quantitative estimate of drug-likeness (QED) is 0.592. The van der Waals surface area contributed by atoms with E-state index in [0.717, 1.165) is 6.54 Å². The molecule has 1 aromatic rings. The van der Waals surface area contributed by atoms with Crippen molar-refractivity contribution in [3.63, 3.8) is 0 Å². The van der Waals surface area contributed by atoms with E-state index < -0.39 is 10.8 Å². The number of nitro groups is 1. The van der Waals surface area contributed by atoms with Gasteiger partial charge in [-0.25, -0.2) is 0 Å². The van der Waals surface area contributed by atoms with Gasteiger partial charge in [-0.3, -0.25) is 14.9 Å². The van der Waals surface area contributed by atoms with Gasteiger partial charge in [0.05, 0.1) is 4.92 Å². The number of hydrogen-bond acceptors (Lipinski definition) is 5. The lowest BCUT2D eigenvalue weighted by Crippen LogP contribution is -2.29. The van der Waals surface area contributed by atoms with Crippen LogP contribution in [0, 0.1) is 10.1 Å². The van der Waals surface area contributed by atoms with Crippen molar-refractivity contribution < 1.29 is 9.72 Å². The predicted molar refractivity (Wildman–Crippen MR) is 73.3 cm³/mol. The van der Waals surface area contributed by atoms with Gasteiger partial charge in [-0.2, -0.15) is 0 Å². The largest absolute Gasteiger partial charge is 0.376 e. The zero-order valence-corrected chi connectivity index (χ0v) is 11.2. The van der Waals surface area contributed by atoms with Gasteiger partial charge in [0.25, 0.3) is 5.69 Å². The van der Waals surface area contributed by atoms with E-state index in [-0.39, 0.29) is 17.3 Å². The number of rotatable bonds is 6. The Hall–Kier alpha value is -2.15. The highest BCUT2D eigenvalue weighted by molar-refractivity contribution is 5.94. The minimum atomic E-state index is -0.684. The predicted octanol–water partition coefficient (Wildman–Crippen LogP) is 1.06. The van der Waals surface area contributed by atoms with Crippen molar-refractivity contribution in [3.05, 3.63) is 33.9 Å². The maximum absolute atomic E-state index is 11.0. The number of anilines is 1. The molecule has 0 saturated carbocycles. The van der Waals surface area contributed by atoms with Crippen molar-refractivity contribution in [3.8, 4) is 0 Å². The molecule has 7 heteroatoms. The number of nitrogens with two attached hydrogens (primary N) is 1. The van der Waals surface area contributed by atoms with E-state index in [9.17, 15) is 14.9 Å². The molecular formula is C12H18N4O3. The molecule has 19 heavy (non-hydrogen) atoms. The van der Waals surface area contributed by atoms with E-state index >= 15 is 0 Å². The van der Waals surface area contributed by atoms with E-state index in [2.05, 4.69) is 5.32 Å². The number of nitro benzene ring substituents is 1. The van der Waals surface area contributed by atoms with Crippen LogP contribution in [0.5, 0.6) is 0 Å². The van der Waals surface area contributed by atoms with Crippen molar-refractivity contribution in [1.82, 2.24) is 4.90 Å². The summed E-state index contributed by atoms with van der Waals surface area (Å²) in [5, 5.41) is 14.1. The molecule has 1 atom stereocenters. The Kier molecular flexibility index (Phi) is 4.82. The van der Waals surface area contributed by atoms with Gasteiger partial charge >= 0.3 is 0 Å². The maximum atomic E-state index is 11.0. The van der Waals surface area contributed by atoms with E-state index in [1.54, 1.807) is 0 Å². The van der Waals surface area contributed by atoms with Crippen molar-refractivity contribution in [2.24, 2.45) is 5.73 Å². The minimum absolute atomic E-state index is 0.0353. The molecule has 0 fully saturated rings. The van der Waals surface area contributed by atoms with Gasteiger partial charge in [-0.15, -0.1) is 0 Å². The van der Waals surface area contributed by atoms with Crippen LogP contribution in [-0.4, -0.2) is 42.4 Å². The minimum Gasteiger partial charge on any atom is -0.376 e. The molecule has 3 N–H and O–H groups in total. The van der Waals surface area contributed by atoms with Crippen molar-refractivity contribution in [2.45, 2.75) is 13.0 Å². The van der Waals surface area contributed by atoms with E-state index in [1.807, 2.05) is 25.9 Å². The average Bonchev–Trinajstić information content (AvgIpc) is 2.27. The summed E-state index contributed by atoms with van der Waals surface area (Å²) in [6.45, 7) is 2.65. The van der Waals surface area contributed by atoms with Gasteiger partial charge < -0.3 is 16.0 Å². The van der Waals surface area contributed by atoms with Crippen LogP contribution in [0.15, 0.2) is 18.2 Å². The first-order chi connectivity index (χ1) is 8.81. The first kappa shape index (κ1) is 14.9. The van der Waals surface area contributed by atoms with Crippen LogP contribution in [-0.2, 0) is 0 Å². The van der Waals surface area contributed by atoms with Crippen molar-refractivity contribution in [2.75, 3.05) is 26.0 Å². The highest BCUT2D eigenvalue weighted by Gasteiger charge is 2.18. The lowest BCUT2D eigenvalue weighted by molar-refractivity contribution is -0.384. The Labute approximate surface area is 111 Å². The fourth-order valence-corrected chi connectivity index (χ4v) is 1.82. The topological polar surface area (TPSA) is 102 Å². The molecule has 0 aliphatic rings. The van der Waals surface area contributed by atoms with Crippen molar-refractivity contribution in [1.29, 1.82) is 0 Å². The molecule has 0 aromatic heterocycles. The van der Waals surface area contributed by atoms with Gasteiger partial charge in [0.15, 0.2) is 0 Å². The number of nitrogens with one attached hydrogen (secondary N) is 1. The lowest BCUT2D eigenvalue weighted by Gasteiger charge is -2.19. The summed E-state index contributed by atoms with van der Waals surface area (Å²) < 4.78 is 0. The lowest BCUT2D eigenvalue weighted by atomic mass is 10.1. The third-order valence-corrected chi connectivity index (χ3v) is 2.52. The third-order valence-electron chi connectivity index (χ3n) is 2.52. The summed E-state index contributed by atoms with van der Waals surface area (Å²) in [7, 11) is 3.84. The molecule has 0 saturated heterocycles. The molecule has 1 amide bonds. The molecular weight excluding hydrogens is 248 g/mol. The van der Waals surface area contributed by atoms with E-state index in [4.69, 9.17) is 5.73 Å². The van der Waals surface area contributed by atoms with Crippen LogP contribution >= 0.6 is 0 Å². The molecule has 1 unspecified atom stereocenters. The Balaban J connectivity index is 3.00. The molecule has 0 radical (unpaired) electrons. The molecule has 1 rings (SSSR count). The summed E-state index contributed by atoms with van der Waals surface area (Å²) in [4.78, 5) is 23.5. The first-order valence-corrected chi connectivity index (χ1v) is 5.80. The van der Waals surface area contributed by atoms with E-state index in [0.29, 0.717) is 5.69 Å². The Morgan fingerprint density at radius 3 is 2.63 bits per heavy atom. The van der Waals surface area contributed by atoms with Crippen LogP contribution < -0.4 is 11.1 Å². The molecule has 0 aliphatic heterocycles. The van der Waals surface area contributed by atoms with Gasteiger partial charge in [-0.1, -0.05) is 0 Å². The van der Waals surface area contributed by atoms with Crippen LogP contribution in [0.1, 0.15) is 17.3 Å². The molecule has 104 valence electrons. The molecule has 0 aliphatic carbocycles. The number of likely N-dealkylation sites (N-methyl/N-ethyl adjacent to an activating group) is 1. The normalized spacial score (nSPS) is 12.2. The van der Waals surface area contributed by atoms with Gasteiger partial charge in [0.1, 0.15) is 5.69 Å². The molecule has 0 spiro atoms. The average molecular weight is 266 g/mol. The second-order valence-corrected chi connectivity index (χ2v) is 4.66. The second kappa shape index (κ2) is 6.14. The molecule has 0 bridgehead atoms. The van der Waals surface area contributed by atoms with Crippen LogP contribution in [0.3, 0.4) is 0 Å². The number of amides is 1. The van der Waals surface area contributed by atoms with Gasteiger partial charge in [-0.05, 0) is 33.2 Å². The van der Waals surface area contributed by atoms with Crippen molar-refractivity contribution >= 4 is 17.3 Å². The molecule has 1 aromatic carbocycles.